The van der Waals surface area contributed by atoms with Crippen LogP contribution in [-0.4, -0.2) is 34.1 Å². The Morgan fingerprint density at radius 2 is 2.33 bits per heavy atom. The maximum Gasteiger partial charge on any atom is 0.141 e. The second-order valence-electron chi connectivity index (χ2n) is 3.78. The average molecular weight is 210 g/mol. The summed E-state index contributed by atoms with van der Waals surface area (Å²) in [6, 6.07) is 0.250. The fourth-order valence-corrected chi connectivity index (χ4v) is 1.36. The van der Waals surface area contributed by atoms with E-state index in [2.05, 4.69) is 15.4 Å². The maximum atomic E-state index is 11.5. The molecule has 84 valence electrons. The Morgan fingerprint density at radius 1 is 1.60 bits per heavy atom. The molecule has 0 atom stereocenters. The minimum atomic E-state index is 0.194. The largest absolute Gasteiger partial charge is 0.319 e. The number of nitrogens with zero attached hydrogens (tertiary/aromatic N) is 3. The van der Waals surface area contributed by atoms with Crippen LogP contribution in [-0.2, 0) is 11.2 Å². The first-order chi connectivity index (χ1) is 7.15. The number of carbonyl (C=O) groups is 1. The third-order valence-electron chi connectivity index (χ3n) is 2.15. The van der Waals surface area contributed by atoms with Gasteiger partial charge in [0, 0.05) is 19.0 Å². The molecule has 1 rings (SSSR count). The maximum absolute atomic E-state index is 11.5. The number of Topliss-reactive ketones (excluding diaryl/α,β-unsaturated/α-hetero) is 1. The molecule has 0 spiro atoms. The molecule has 0 aliphatic heterocycles. The first kappa shape index (κ1) is 11.8. The molecule has 0 bridgehead atoms. The van der Waals surface area contributed by atoms with Crippen molar-refractivity contribution in [2.24, 2.45) is 0 Å². The van der Waals surface area contributed by atoms with Gasteiger partial charge in [0.05, 0.1) is 6.42 Å². The second kappa shape index (κ2) is 5.60. The lowest BCUT2D eigenvalue weighted by molar-refractivity contribution is -0.118. The van der Waals surface area contributed by atoms with Gasteiger partial charge in [-0.1, -0.05) is 0 Å². The molecule has 1 N–H and O–H groups in total. The lowest BCUT2D eigenvalue weighted by Crippen LogP contribution is -2.17. The second-order valence-corrected chi connectivity index (χ2v) is 3.78. The van der Waals surface area contributed by atoms with Crippen LogP contribution in [0.25, 0.3) is 0 Å². The molecule has 0 unspecified atom stereocenters. The van der Waals surface area contributed by atoms with E-state index in [-0.39, 0.29) is 11.8 Å². The molecular formula is C10H18N4O. The van der Waals surface area contributed by atoms with Crippen LogP contribution >= 0.6 is 0 Å². The molecular weight excluding hydrogens is 192 g/mol. The summed E-state index contributed by atoms with van der Waals surface area (Å²) in [5.74, 6) is 0.949. The van der Waals surface area contributed by atoms with Gasteiger partial charge in [-0.05, 0) is 20.9 Å². The zero-order valence-corrected chi connectivity index (χ0v) is 9.53. The van der Waals surface area contributed by atoms with Crippen LogP contribution in [0.2, 0.25) is 0 Å². The Hall–Kier alpha value is -1.23. The van der Waals surface area contributed by atoms with Crippen molar-refractivity contribution in [2.75, 3.05) is 13.6 Å². The molecule has 1 aromatic rings. The SMILES string of the molecule is CNCCC(=O)Cc1ncnn1C(C)C. The highest BCUT2D eigenvalue weighted by molar-refractivity contribution is 5.80. The predicted octanol–water partition coefficient (Wildman–Crippen LogP) is 0.580. The quantitative estimate of drug-likeness (QED) is 0.746. The van der Waals surface area contributed by atoms with Gasteiger partial charge in [-0.2, -0.15) is 5.10 Å². The van der Waals surface area contributed by atoms with Crippen molar-refractivity contribution in [2.45, 2.75) is 32.7 Å². The van der Waals surface area contributed by atoms with Gasteiger partial charge >= 0.3 is 0 Å². The fourth-order valence-electron chi connectivity index (χ4n) is 1.36. The topological polar surface area (TPSA) is 59.8 Å². The highest BCUT2D eigenvalue weighted by Gasteiger charge is 2.11. The highest BCUT2D eigenvalue weighted by Crippen LogP contribution is 2.06. The first-order valence-corrected chi connectivity index (χ1v) is 5.19. The third-order valence-corrected chi connectivity index (χ3v) is 2.15. The van der Waals surface area contributed by atoms with Crippen molar-refractivity contribution in [3.8, 4) is 0 Å². The lowest BCUT2D eigenvalue weighted by Gasteiger charge is -2.08. The van der Waals surface area contributed by atoms with E-state index < -0.39 is 0 Å². The summed E-state index contributed by atoms with van der Waals surface area (Å²) in [5.41, 5.74) is 0. The van der Waals surface area contributed by atoms with E-state index in [1.165, 1.54) is 6.33 Å². The van der Waals surface area contributed by atoms with Gasteiger partial charge in [0.25, 0.3) is 0 Å². The van der Waals surface area contributed by atoms with E-state index in [4.69, 9.17) is 0 Å². The molecule has 0 aliphatic carbocycles. The number of aromatic nitrogens is 3. The van der Waals surface area contributed by atoms with Crippen LogP contribution in [0.5, 0.6) is 0 Å². The van der Waals surface area contributed by atoms with Gasteiger partial charge in [0.2, 0.25) is 0 Å². The number of nitrogens with one attached hydrogen (secondary N) is 1. The van der Waals surface area contributed by atoms with Gasteiger partial charge in [0.15, 0.2) is 0 Å². The van der Waals surface area contributed by atoms with Crippen molar-refractivity contribution in [1.29, 1.82) is 0 Å². The minimum absolute atomic E-state index is 0.194. The number of ketones is 1. The van der Waals surface area contributed by atoms with E-state index in [1.807, 2.05) is 20.9 Å². The Labute approximate surface area is 89.9 Å². The summed E-state index contributed by atoms with van der Waals surface area (Å²) in [5, 5.41) is 7.04. The summed E-state index contributed by atoms with van der Waals surface area (Å²) >= 11 is 0. The number of hydrogen-bond acceptors (Lipinski definition) is 4. The van der Waals surface area contributed by atoms with Gasteiger partial charge in [-0.15, -0.1) is 0 Å². The van der Waals surface area contributed by atoms with Gasteiger partial charge in [-0.25, -0.2) is 9.67 Å². The monoisotopic (exact) mass is 210 g/mol. The van der Waals surface area contributed by atoms with E-state index in [1.54, 1.807) is 4.68 Å². The molecule has 0 saturated carbocycles. The van der Waals surface area contributed by atoms with Crippen LogP contribution in [0.1, 0.15) is 32.1 Å². The normalized spacial score (nSPS) is 10.9. The van der Waals surface area contributed by atoms with E-state index in [0.29, 0.717) is 19.4 Å². The summed E-state index contributed by atoms with van der Waals surface area (Å²) < 4.78 is 1.79. The molecule has 0 aromatic carbocycles. The Morgan fingerprint density at radius 3 is 2.93 bits per heavy atom. The zero-order valence-electron chi connectivity index (χ0n) is 9.53. The minimum Gasteiger partial charge on any atom is -0.319 e. The molecule has 5 nitrogen and oxygen atoms in total. The first-order valence-electron chi connectivity index (χ1n) is 5.19. The molecule has 15 heavy (non-hydrogen) atoms. The Balaban J connectivity index is 2.56. The van der Waals surface area contributed by atoms with Crippen molar-refractivity contribution >= 4 is 5.78 Å². The van der Waals surface area contributed by atoms with E-state index in [0.717, 1.165) is 5.82 Å². The third kappa shape index (κ3) is 3.43. The smallest absolute Gasteiger partial charge is 0.141 e. The van der Waals surface area contributed by atoms with Crippen molar-refractivity contribution < 1.29 is 4.79 Å². The van der Waals surface area contributed by atoms with Gasteiger partial charge in [-0.3, -0.25) is 4.79 Å². The number of hydrogen-bond donors (Lipinski definition) is 1. The van der Waals surface area contributed by atoms with Gasteiger partial charge in [0.1, 0.15) is 17.9 Å². The highest BCUT2D eigenvalue weighted by atomic mass is 16.1. The summed E-state index contributed by atoms with van der Waals surface area (Å²) in [7, 11) is 1.84. The van der Waals surface area contributed by atoms with Crippen LogP contribution in [0.4, 0.5) is 0 Å². The van der Waals surface area contributed by atoms with Crippen LogP contribution in [0.15, 0.2) is 6.33 Å². The molecule has 0 saturated heterocycles. The number of rotatable bonds is 6. The van der Waals surface area contributed by atoms with Gasteiger partial charge < -0.3 is 5.32 Å². The Kier molecular flexibility index (Phi) is 4.42. The van der Waals surface area contributed by atoms with E-state index >= 15 is 0 Å². The summed E-state index contributed by atoms with van der Waals surface area (Å²) in [6.45, 7) is 4.77. The molecule has 0 aliphatic rings. The fraction of sp³-hybridized carbons (Fsp3) is 0.700. The van der Waals surface area contributed by atoms with Crippen molar-refractivity contribution in [3.05, 3.63) is 12.2 Å². The van der Waals surface area contributed by atoms with Crippen molar-refractivity contribution in [1.82, 2.24) is 20.1 Å². The zero-order chi connectivity index (χ0) is 11.3. The van der Waals surface area contributed by atoms with Crippen molar-refractivity contribution in [3.63, 3.8) is 0 Å². The molecule has 5 heteroatoms. The number of carbonyl (C=O) groups excluding carboxylic acids is 1. The molecule has 0 fully saturated rings. The molecule has 0 radical (unpaired) electrons. The molecule has 1 heterocycles. The Bertz CT molecular complexity index is 319. The molecule has 1 aromatic heterocycles. The standard InChI is InChI=1S/C10H18N4O/c1-8(2)14-10(12-7-13-14)6-9(15)4-5-11-3/h7-8,11H,4-6H2,1-3H3. The average Bonchev–Trinajstić information content (AvgIpc) is 2.62. The predicted molar refractivity (Wildman–Crippen MR) is 57.7 cm³/mol. The molecule has 0 amide bonds. The van der Waals surface area contributed by atoms with Crippen LogP contribution < -0.4 is 5.32 Å². The van der Waals surface area contributed by atoms with E-state index in [9.17, 15) is 4.79 Å². The van der Waals surface area contributed by atoms with Crippen LogP contribution in [0.3, 0.4) is 0 Å². The summed E-state index contributed by atoms with van der Waals surface area (Å²) in [4.78, 5) is 15.6. The summed E-state index contributed by atoms with van der Waals surface area (Å²) in [6.07, 6.45) is 2.42. The van der Waals surface area contributed by atoms with Crippen LogP contribution in [0, 0.1) is 0 Å². The lowest BCUT2D eigenvalue weighted by atomic mass is 10.2.